The van der Waals surface area contributed by atoms with Gasteiger partial charge in [-0.3, -0.25) is 10.0 Å². The number of carbonyl (C=O) groups excluding carboxylic acids is 1. The number of ether oxygens (including phenoxy) is 1. The molecule has 3 N–H and O–H groups in total. The summed E-state index contributed by atoms with van der Waals surface area (Å²) in [5.41, 5.74) is 3.56. The minimum absolute atomic E-state index is 0.000525. The van der Waals surface area contributed by atoms with Crippen LogP contribution in [0.25, 0.3) is 10.9 Å². The third-order valence-electron chi connectivity index (χ3n) is 4.83. The zero-order valence-electron chi connectivity index (χ0n) is 17.9. The van der Waals surface area contributed by atoms with E-state index in [2.05, 4.69) is 27.1 Å². The quantitative estimate of drug-likeness (QED) is 0.210. The number of nitrogens with zero attached hydrogens (tertiary/aromatic N) is 2. The summed E-state index contributed by atoms with van der Waals surface area (Å²) < 4.78 is 24.8. The number of amides is 1. The molecule has 0 aliphatic carbocycles. The molecule has 2 aromatic heterocycles. The Labute approximate surface area is 198 Å². The van der Waals surface area contributed by atoms with Crippen molar-refractivity contribution < 1.29 is 23.5 Å². The molecule has 0 fully saturated rings. The molecule has 172 valence electrons. The maximum absolute atomic E-state index is 13.5. The highest BCUT2D eigenvalue weighted by Crippen LogP contribution is 2.32. The smallest absolute Gasteiger partial charge is 0.255 e. The largest absolute Gasteiger partial charge is 0.496 e. The molecule has 2 aromatic carbocycles. The summed E-state index contributed by atoms with van der Waals surface area (Å²) in [4.78, 5) is 19.7. The third-order valence-corrected chi connectivity index (χ3v) is 5.12. The molecule has 0 aliphatic heterocycles. The number of carbonyl (C=O) groups is 1. The molecule has 0 bridgehead atoms. The average molecular weight is 481 g/mol. The first-order chi connectivity index (χ1) is 16.5. The number of rotatable bonds is 6. The maximum Gasteiger partial charge on any atom is 0.255 e. The van der Waals surface area contributed by atoms with Crippen molar-refractivity contribution in [1.29, 1.82) is 0 Å². The minimum Gasteiger partial charge on any atom is -0.496 e. The van der Waals surface area contributed by atoms with Gasteiger partial charge < -0.3 is 14.5 Å². The fourth-order valence-electron chi connectivity index (χ4n) is 3.25. The summed E-state index contributed by atoms with van der Waals surface area (Å²) in [5, 5.41) is 12.4. The standard InChI is InChI=1S/C24H18ClFN4O4/c1-33-22-12-21-18(24(28-13-27-21)29-15-5-8-20(26)19(25)11-15)10-14(22)9-17-7-6-16(34-17)3-2-4-23(31)30-32/h5-8,10-13,32H,4,9H2,1H3,(H,30,31)(H,27,28,29). The van der Waals surface area contributed by atoms with E-state index in [1.807, 2.05) is 6.07 Å². The summed E-state index contributed by atoms with van der Waals surface area (Å²) in [6, 6.07) is 11.5. The van der Waals surface area contributed by atoms with E-state index in [0.29, 0.717) is 40.7 Å². The molecule has 0 atom stereocenters. The number of hydrogen-bond acceptors (Lipinski definition) is 7. The predicted octanol–water partition coefficient (Wildman–Crippen LogP) is 4.61. The second-order valence-electron chi connectivity index (χ2n) is 7.11. The second kappa shape index (κ2) is 10.2. The van der Waals surface area contributed by atoms with E-state index in [0.717, 1.165) is 10.9 Å². The highest BCUT2D eigenvalue weighted by atomic mass is 35.5. The molecule has 0 unspecified atom stereocenters. The number of aromatic nitrogens is 2. The zero-order chi connectivity index (χ0) is 24.1. The van der Waals surface area contributed by atoms with Crippen molar-refractivity contribution in [3.8, 4) is 17.6 Å². The molecular formula is C24H18ClFN4O4. The topological polar surface area (TPSA) is 110 Å². The number of nitrogens with one attached hydrogen (secondary N) is 2. The van der Waals surface area contributed by atoms with Crippen LogP contribution in [0.5, 0.6) is 5.75 Å². The molecule has 1 amide bonds. The van der Waals surface area contributed by atoms with Crippen LogP contribution in [0.2, 0.25) is 5.02 Å². The van der Waals surface area contributed by atoms with Crippen molar-refractivity contribution in [2.45, 2.75) is 12.8 Å². The molecule has 8 nitrogen and oxygen atoms in total. The molecule has 0 saturated carbocycles. The molecule has 4 aromatic rings. The Morgan fingerprint density at radius 1 is 1.24 bits per heavy atom. The zero-order valence-corrected chi connectivity index (χ0v) is 18.6. The Kier molecular flexibility index (Phi) is 6.92. The SMILES string of the molecule is COc1cc2ncnc(Nc3ccc(F)c(Cl)c3)c2cc1Cc1ccc(C#CCC(=O)NO)o1. The van der Waals surface area contributed by atoms with Gasteiger partial charge in [0.25, 0.3) is 5.91 Å². The van der Waals surface area contributed by atoms with Crippen LogP contribution < -0.4 is 15.5 Å². The summed E-state index contributed by atoms with van der Waals surface area (Å²) in [6.07, 6.45) is 1.66. The van der Waals surface area contributed by atoms with E-state index < -0.39 is 11.7 Å². The van der Waals surface area contributed by atoms with Crippen LogP contribution >= 0.6 is 11.6 Å². The second-order valence-corrected chi connectivity index (χ2v) is 7.52. The number of hydroxylamine groups is 1. The van der Waals surface area contributed by atoms with E-state index in [-0.39, 0.29) is 11.4 Å². The number of anilines is 2. The fourth-order valence-corrected chi connectivity index (χ4v) is 3.43. The first kappa shape index (κ1) is 23.0. The number of methoxy groups -OCH3 is 1. The monoisotopic (exact) mass is 480 g/mol. The Bertz CT molecular complexity index is 1430. The summed E-state index contributed by atoms with van der Waals surface area (Å²) in [7, 11) is 1.57. The van der Waals surface area contributed by atoms with Gasteiger partial charge in [-0.15, -0.1) is 0 Å². The molecule has 0 spiro atoms. The Balaban J connectivity index is 1.63. The van der Waals surface area contributed by atoms with Crippen molar-refractivity contribution in [2.24, 2.45) is 0 Å². The van der Waals surface area contributed by atoms with Crippen LogP contribution in [-0.2, 0) is 11.2 Å². The van der Waals surface area contributed by atoms with Gasteiger partial charge in [-0.05, 0) is 42.3 Å². The molecule has 0 radical (unpaired) electrons. The van der Waals surface area contributed by atoms with Gasteiger partial charge in [-0.2, -0.15) is 0 Å². The van der Waals surface area contributed by atoms with Gasteiger partial charge in [0, 0.05) is 29.1 Å². The van der Waals surface area contributed by atoms with Gasteiger partial charge >= 0.3 is 0 Å². The van der Waals surface area contributed by atoms with Crippen LogP contribution in [0, 0.1) is 17.7 Å². The van der Waals surface area contributed by atoms with E-state index in [4.69, 9.17) is 26.0 Å². The summed E-state index contributed by atoms with van der Waals surface area (Å²) in [5.74, 6) is 6.39. The van der Waals surface area contributed by atoms with Crippen LogP contribution in [0.4, 0.5) is 15.9 Å². The number of benzene rings is 2. The summed E-state index contributed by atoms with van der Waals surface area (Å²) >= 11 is 5.89. The first-order valence-corrected chi connectivity index (χ1v) is 10.4. The van der Waals surface area contributed by atoms with E-state index in [1.165, 1.54) is 23.9 Å². The van der Waals surface area contributed by atoms with Crippen LogP contribution in [0.1, 0.15) is 23.5 Å². The van der Waals surface area contributed by atoms with Gasteiger partial charge in [0.15, 0.2) is 5.76 Å². The number of furan rings is 1. The van der Waals surface area contributed by atoms with Crippen LogP contribution in [0.15, 0.2) is 53.2 Å². The number of fused-ring (bicyclic) bond motifs is 1. The molecular weight excluding hydrogens is 463 g/mol. The Morgan fingerprint density at radius 3 is 2.85 bits per heavy atom. The van der Waals surface area contributed by atoms with Crippen molar-refractivity contribution in [3.05, 3.63) is 76.7 Å². The van der Waals surface area contributed by atoms with Crippen molar-refractivity contribution in [2.75, 3.05) is 12.4 Å². The highest BCUT2D eigenvalue weighted by Gasteiger charge is 2.13. The van der Waals surface area contributed by atoms with Crippen molar-refractivity contribution in [1.82, 2.24) is 15.4 Å². The predicted molar refractivity (Wildman–Crippen MR) is 124 cm³/mol. The fraction of sp³-hybridized carbons (Fsp3) is 0.125. The van der Waals surface area contributed by atoms with E-state index >= 15 is 0 Å². The Hall–Kier alpha value is -4.13. The van der Waals surface area contributed by atoms with Gasteiger partial charge in [0.05, 0.1) is 24.1 Å². The van der Waals surface area contributed by atoms with Gasteiger partial charge in [0.2, 0.25) is 0 Å². The normalized spacial score (nSPS) is 10.5. The van der Waals surface area contributed by atoms with Crippen LogP contribution in [0.3, 0.4) is 0 Å². The molecule has 2 heterocycles. The van der Waals surface area contributed by atoms with E-state index in [9.17, 15) is 9.18 Å². The Morgan fingerprint density at radius 2 is 2.09 bits per heavy atom. The minimum atomic E-state index is -0.602. The lowest BCUT2D eigenvalue weighted by Gasteiger charge is -2.13. The number of halogens is 2. The lowest BCUT2D eigenvalue weighted by Crippen LogP contribution is -2.16. The van der Waals surface area contributed by atoms with Gasteiger partial charge in [-0.1, -0.05) is 17.5 Å². The van der Waals surface area contributed by atoms with Crippen LogP contribution in [-0.4, -0.2) is 28.2 Å². The molecule has 0 aliphatic rings. The van der Waals surface area contributed by atoms with E-state index in [1.54, 1.807) is 31.4 Å². The highest BCUT2D eigenvalue weighted by molar-refractivity contribution is 6.31. The number of hydrogen-bond donors (Lipinski definition) is 3. The molecule has 4 rings (SSSR count). The lowest BCUT2D eigenvalue weighted by atomic mass is 10.1. The molecule has 34 heavy (non-hydrogen) atoms. The lowest BCUT2D eigenvalue weighted by molar-refractivity contribution is -0.128. The maximum atomic E-state index is 13.5. The summed E-state index contributed by atoms with van der Waals surface area (Å²) in [6.45, 7) is 0. The van der Waals surface area contributed by atoms with Gasteiger partial charge in [-0.25, -0.2) is 19.8 Å². The average Bonchev–Trinajstić information content (AvgIpc) is 3.28. The third kappa shape index (κ3) is 5.26. The first-order valence-electron chi connectivity index (χ1n) is 10.0. The molecule has 10 heteroatoms. The van der Waals surface area contributed by atoms with Crippen molar-refractivity contribution >= 4 is 39.9 Å². The molecule has 0 saturated heterocycles. The van der Waals surface area contributed by atoms with Crippen molar-refractivity contribution in [3.63, 3.8) is 0 Å². The van der Waals surface area contributed by atoms with Gasteiger partial charge in [0.1, 0.15) is 29.5 Å².